The molecule has 0 bridgehead atoms. The molecule has 0 spiro atoms. The van der Waals surface area contributed by atoms with Crippen LogP contribution < -0.4 is 10.1 Å². The lowest BCUT2D eigenvalue weighted by molar-refractivity contribution is 0.0950. The maximum absolute atomic E-state index is 12.2. The lowest BCUT2D eigenvalue weighted by Gasteiger charge is -2.04. The number of amides is 1. The molecule has 1 amide bonds. The molecule has 24 heavy (non-hydrogen) atoms. The minimum atomic E-state index is -0.123. The Morgan fingerprint density at radius 3 is 2.50 bits per heavy atom. The Labute approximate surface area is 145 Å². The smallest absolute Gasteiger partial charge is 0.251 e. The maximum Gasteiger partial charge on any atom is 0.251 e. The number of rotatable bonds is 5. The van der Waals surface area contributed by atoms with Crippen LogP contribution in [-0.2, 0) is 6.54 Å². The fourth-order valence-electron chi connectivity index (χ4n) is 2.23. The number of thiazole rings is 1. The summed E-state index contributed by atoms with van der Waals surface area (Å²) in [5, 5.41) is 5.83. The van der Waals surface area contributed by atoms with E-state index in [0.717, 1.165) is 22.0 Å². The van der Waals surface area contributed by atoms with Crippen LogP contribution in [0, 0.1) is 6.92 Å². The molecule has 0 fully saturated rings. The van der Waals surface area contributed by atoms with Gasteiger partial charge in [-0.15, -0.1) is 11.3 Å². The zero-order valence-electron chi connectivity index (χ0n) is 13.6. The third-order valence-corrected chi connectivity index (χ3v) is 4.57. The van der Waals surface area contributed by atoms with Gasteiger partial charge in [0.1, 0.15) is 10.8 Å². The highest BCUT2D eigenvalue weighted by atomic mass is 32.1. The summed E-state index contributed by atoms with van der Waals surface area (Å²) in [6.45, 7) is 2.47. The molecule has 0 aliphatic carbocycles. The van der Waals surface area contributed by atoms with Crippen LogP contribution in [0.15, 0.2) is 53.9 Å². The molecular formula is C19H18N2O2S. The zero-order chi connectivity index (χ0) is 16.9. The van der Waals surface area contributed by atoms with Gasteiger partial charge >= 0.3 is 0 Å². The van der Waals surface area contributed by atoms with Crippen LogP contribution in [0.5, 0.6) is 5.75 Å². The quantitative estimate of drug-likeness (QED) is 0.763. The molecule has 2 aromatic carbocycles. The monoisotopic (exact) mass is 338 g/mol. The summed E-state index contributed by atoms with van der Waals surface area (Å²) in [6, 6.07) is 15.3. The van der Waals surface area contributed by atoms with Crippen LogP contribution in [0.25, 0.3) is 10.6 Å². The van der Waals surface area contributed by atoms with Gasteiger partial charge in [-0.25, -0.2) is 4.98 Å². The average molecular weight is 338 g/mol. The molecule has 1 aromatic heterocycles. The van der Waals surface area contributed by atoms with E-state index < -0.39 is 0 Å². The highest BCUT2D eigenvalue weighted by Gasteiger charge is 2.08. The molecular weight excluding hydrogens is 320 g/mol. The zero-order valence-corrected chi connectivity index (χ0v) is 14.4. The third-order valence-electron chi connectivity index (χ3n) is 3.63. The second-order valence-electron chi connectivity index (χ2n) is 5.42. The fraction of sp³-hybridized carbons (Fsp3) is 0.158. The molecule has 0 saturated heterocycles. The first-order valence-electron chi connectivity index (χ1n) is 7.59. The molecule has 1 heterocycles. The van der Waals surface area contributed by atoms with E-state index in [9.17, 15) is 4.79 Å². The number of ether oxygens (including phenoxy) is 1. The number of carbonyl (C=O) groups is 1. The molecule has 1 N–H and O–H groups in total. The Balaban J connectivity index is 1.62. The number of carbonyl (C=O) groups excluding carboxylic acids is 1. The maximum atomic E-state index is 12.2. The summed E-state index contributed by atoms with van der Waals surface area (Å²) in [7, 11) is 1.60. The molecule has 5 heteroatoms. The molecule has 122 valence electrons. The summed E-state index contributed by atoms with van der Waals surface area (Å²) in [5.41, 5.74) is 3.78. The molecule has 0 aliphatic rings. The summed E-state index contributed by atoms with van der Waals surface area (Å²) in [5.74, 6) is 0.608. The fourth-order valence-corrected chi connectivity index (χ4v) is 3.06. The van der Waals surface area contributed by atoms with Crippen molar-refractivity contribution in [2.45, 2.75) is 13.5 Å². The number of benzene rings is 2. The van der Waals surface area contributed by atoms with Crippen molar-refractivity contribution in [3.05, 3.63) is 70.7 Å². The van der Waals surface area contributed by atoms with E-state index in [-0.39, 0.29) is 5.91 Å². The van der Waals surface area contributed by atoms with Crippen LogP contribution in [-0.4, -0.2) is 18.0 Å². The molecule has 4 nitrogen and oxygen atoms in total. The third kappa shape index (κ3) is 3.81. The summed E-state index contributed by atoms with van der Waals surface area (Å²) < 4.78 is 5.09. The molecule has 0 aliphatic heterocycles. The Morgan fingerprint density at radius 2 is 1.83 bits per heavy atom. The lowest BCUT2D eigenvalue weighted by Crippen LogP contribution is -2.22. The van der Waals surface area contributed by atoms with Crippen LogP contribution in [0.3, 0.4) is 0 Å². The highest BCUT2D eigenvalue weighted by Crippen LogP contribution is 2.24. The van der Waals surface area contributed by atoms with Crippen LogP contribution in [0.4, 0.5) is 0 Å². The second-order valence-corrected chi connectivity index (χ2v) is 6.28. The Bertz CT molecular complexity index is 823. The van der Waals surface area contributed by atoms with Crippen molar-refractivity contribution >= 4 is 17.2 Å². The first-order valence-corrected chi connectivity index (χ1v) is 8.47. The van der Waals surface area contributed by atoms with E-state index >= 15 is 0 Å². The van der Waals surface area contributed by atoms with Gasteiger partial charge in [0, 0.05) is 16.5 Å². The topological polar surface area (TPSA) is 51.2 Å². The molecule has 0 radical (unpaired) electrons. The van der Waals surface area contributed by atoms with Gasteiger partial charge < -0.3 is 10.1 Å². The van der Waals surface area contributed by atoms with Crippen molar-refractivity contribution in [1.82, 2.24) is 10.3 Å². The van der Waals surface area contributed by atoms with Crippen LogP contribution in [0.2, 0.25) is 0 Å². The largest absolute Gasteiger partial charge is 0.497 e. The molecule has 0 atom stereocenters. The summed E-state index contributed by atoms with van der Waals surface area (Å²) in [6.07, 6.45) is 0. The van der Waals surface area contributed by atoms with E-state index in [0.29, 0.717) is 12.1 Å². The lowest BCUT2D eigenvalue weighted by atomic mass is 10.2. The number of hydrogen-bond donors (Lipinski definition) is 1. The summed E-state index contributed by atoms with van der Waals surface area (Å²) >= 11 is 1.58. The van der Waals surface area contributed by atoms with E-state index in [1.807, 2.05) is 5.38 Å². The average Bonchev–Trinajstić information content (AvgIpc) is 3.09. The highest BCUT2D eigenvalue weighted by molar-refractivity contribution is 7.13. The van der Waals surface area contributed by atoms with Crippen molar-refractivity contribution < 1.29 is 9.53 Å². The van der Waals surface area contributed by atoms with Crippen molar-refractivity contribution in [2.24, 2.45) is 0 Å². The van der Waals surface area contributed by atoms with Crippen molar-refractivity contribution in [2.75, 3.05) is 7.11 Å². The SMILES string of the molecule is COc1ccc(C(=O)NCc2csc(-c3ccc(C)cc3)n2)cc1. The van der Waals surface area contributed by atoms with Crippen molar-refractivity contribution in [1.29, 1.82) is 0 Å². The van der Waals surface area contributed by atoms with Gasteiger partial charge in [-0.2, -0.15) is 0 Å². The number of aromatic nitrogens is 1. The number of nitrogens with zero attached hydrogens (tertiary/aromatic N) is 1. The minimum Gasteiger partial charge on any atom is -0.497 e. The first kappa shape index (κ1) is 16.2. The number of nitrogens with one attached hydrogen (secondary N) is 1. The van der Waals surface area contributed by atoms with Crippen molar-refractivity contribution in [3.63, 3.8) is 0 Å². The van der Waals surface area contributed by atoms with Gasteiger partial charge in [0.2, 0.25) is 0 Å². The van der Waals surface area contributed by atoms with Gasteiger partial charge in [-0.1, -0.05) is 29.8 Å². The van der Waals surface area contributed by atoms with Crippen LogP contribution >= 0.6 is 11.3 Å². The molecule has 0 saturated carbocycles. The Morgan fingerprint density at radius 1 is 1.12 bits per heavy atom. The standard InChI is InChI=1S/C19H18N2O2S/c1-13-3-5-15(6-4-13)19-21-16(12-24-19)11-20-18(22)14-7-9-17(23-2)10-8-14/h3-10,12H,11H2,1-2H3,(H,20,22). The van der Waals surface area contributed by atoms with Crippen molar-refractivity contribution in [3.8, 4) is 16.3 Å². The minimum absolute atomic E-state index is 0.123. The number of methoxy groups -OCH3 is 1. The number of aryl methyl sites for hydroxylation is 1. The predicted molar refractivity (Wildman–Crippen MR) is 96.5 cm³/mol. The van der Waals surface area contributed by atoms with E-state index in [4.69, 9.17) is 4.74 Å². The Kier molecular flexibility index (Phi) is 4.91. The van der Waals surface area contributed by atoms with Crippen LogP contribution in [0.1, 0.15) is 21.6 Å². The normalized spacial score (nSPS) is 10.4. The van der Waals surface area contributed by atoms with Gasteiger partial charge in [-0.05, 0) is 31.2 Å². The predicted octanol–water partition coefficient (Wildman–Crippen LogP) is 4.06. The Hall–Kier alpha value is -2.66. The van der Waals surface area contributed by atoms with E-state index in [1.165, 1.54) is 5.56 Å². The summed E-state index contributed by atoms with van der Waals surface area (Å²) in [4.78, 5) is 16.7. The molecule has 3 rings (SSSR count). The van der Waals surface area contributed by atoms with E-state index in [1.54, 1.807) is 42.7 Å². The molecule has 0 unspecified atom stereocenters. The molecule has 3 aromatic rings. The van der Waals surface area contributed by atoms with Gasteiger partial charge in [-0.3, -0.25) is 4.79 Å². The first-order chi connectivity index (χ1) is 11.7. The number of hydrogen-bond acceptors (Lipinski definition) is 4. The van der Waals surface area contributed by atoms with Gasteiger partial charge in [0.15, 0.2) is 0 Å². The van der Waals surface area contributed by atoms with E-state index in [2.05, 4.69) is 41.5 Å². The second kappa shape index (κ2) is 7.27. The van der Waals surface area contributed by atoms with Gasteiger partial charge in [0.25, 0.3) is 5.91 Å². The van der Waals surface area contributed by atoms with Gasteiger partial charge in [0.05, 0.1) is 19.3 Å².